The fourth-order valence-electron chi connectivity index (χ4n) is 2.50. The van der Waals surface area contributed by atoms with Crippen molar-refractivity contribution in [3.63, 3.8) is 0 Å². The molecule has 28 heavy (non-hydrogen) atoms. The summed E-state index contributed by atoms with van der Waals surface area (Å²) < 4.78 is 35.6. The number of carboxylic acid groups (broad SMARTS) is 1. The minimum absolute atomic E-state index is 0. The average molecular weight is 434 g/mol. The third-order valence-corrected chi connectivity index (χ3v) is 4.59. The van der Waals surface area contributed by atoms with E-state index in [1.54, 1.807) is 6.07 Å². The van der Waals surface area contributed by atoms with Crippen LogP contribution in [0.15, 0.2) is 30.3 Å². The van der Waals surface area contributed by atoms with Crippen molar-refractivity contribution in [2.45, 2.75) is 18.0 Å². The van der Waals surface area contributed by atoms with Crippen LogP contribution in [0.5, 0.6) is 0 Å². The fraction of sp³-hybridized carbons (Fsp3) is 0.286. The first-order chi connectivity index (χ1) is 12.1. The van der Waals surface area contributed by atoms with Crippen molar-refractivity contribution >= 4 is 34.1 Å². The Hall–Kier alpha value is -0.990. The number of ether oxygens (including phenoxy) is 1. The summed E-state index contributed by atoms with van der Waals surface area (Å²) in [5.41, 5.74) is 0.116. The Bertz CT molecular complexity index is 873. The number of hydrogen-bond donors (Lipinski definition) is 3. The van der Waals surface area contributed by atoms with Gasteiger partial charge in [0.15, 0.2) is 12.0 Å². The van der Waals surface area contributed by atoms with Gasteiger partial charge in [0.2, 0.25) is 5.91 Å². The van der Waals surface area contributed by atoms with Crippen LogP contribution in [0.3, 0.4) is 0 Å². The molecule has 2 rings (SSSR count). The molecule has 0 bridgehead atoms. The number of benzene rings is 1. The Morgan fingerprint density at radius 1 is 1.21 bits per heavy atom. The molecule has 144 valence electrons. The molecule has 1 fully saturated rings. The standard InChI is InChI=1S/C14H14N2O9S.2Na.2H/c1-25-14(21)10-9(12(18)16(10)26(22,23)24)15-11(17)8(13(19)20)7-5-3-2-4-6-7;;;;/h2-6,8-10H,1H3,(H,15,17)(H,19,20)(H,22,23,24);;;;/q;2*+1;2*-1/t8?,9-,10-;;;;/m1..../s1. The van der Waals surface area contributed by atoms with E-state index >= 15 is 0 Å². The number of amides is 2. The predicted molar refractivity (Wildman–Crippen MR) is 85.2 cm³/mol. The third kappa shape index (κ3) is 5.54. The third-order valence-electron chi connectivity index (χ3n) is 3.68. The number of esters is 1. The molecule has 11 nitrogen and oxygen atoms in total. The molecule has 1 aromatic carbocycles. The number of nitrogens with one attached hydrogen (secondary N) is 1. The van der Waals surface area contributed by atoms with E-state index in [9.17, 15) is 32.7 Å². The van der Waals surface area contributed by atoms with Gasteiger partial charge in [0.1, 0.15) is 6.04 Å². The SMILES string of the molecule is COC(=O)[C@H]1[C@@H](NC(=O)C(C(=O)O)c2ccccc2)C(=O)N1S(=O)(=O)O.[H-].[H-].[Na+].[Na+]. The van der Waals surface area contributed by atoms with Crippen molar-refractivity contribution < 1.29 is 104 Å². The van der Waals surface area contributed by atoms with Crippen LogP contribution < -0.4 is 64.4 Å². The molecule has 3 atom stereocenters. The molecule has 0 aliphatic carbocycles. The second-order valence-electron chi connectivity index (χ2n) is 5.25. The van der Waals surface area contributed by atoms with Gasteiger partial charge < -0.3 is 18.0 Å². The molecule has 1 unspecified atom stereocenters. The fourth-order valence-corrected chi connectivity index (χ4v) is 3.34. The number of carboxylic acids is 1. The first kappa shape index (κ1) is 27.0. The number of nitrogens with zero attached hydrogens (tertiary/aromatic N) is 1. The summed E-state index contributed by atoms with van der Waals surface area (Å²) in [4.78, 5) is 47.4. The van der Waals surface area contributed by atoms with E-state index in [-0.39, 0.29) is 71.8 Å². The van der Waals surface area contributed by atoms with Gasteiger partial charge in [0.25, 0.3) is 5.91 Å². The van der Waals surface area contributed by atoms with Crippen molar-refractivity contribution in [3.8, 4) is 0 Å². The normalized spacial score (nSPS) is 19.2. The van der Waals surface area contributed by atoms with E-state index in [0.717, 1.165) is 7.11 Å². The molecule has 0 saturated carbocycles. The van der Waals surface area contributed by atoms with Crippen LogP contribution in [-0.2, 0) is 34.2 Å². The second-order valence-corrected chi connectivity index (χ2v) is 6.54. The zero-order valence-corrected chi connectivity index (χ0v) is 20.0. The molecule has 2 amide bonds. The average Bonchev–Trinajstić information content (AvgIpc) is 2.56. The first-order valence-corrected chi connectivity index (χ1v) is 8.46. The quantitative estimate of drug-likeness (QED) is 0.130. The Labute approximate surface area is 207 Å². The summed E-state index contributed by atoms with van der Waals surface area (Å²) in [6.07, 6.45) is 0. The van der Waals surface area contributed by atoms with Crippen LogP contribution in [0.4, 0.5) is 0 Å². The maximum absolute atomic E-state index is 12.3. The predicted octanol–water partition coefficient (Wildman–Crippen LogP) is -7.24. The summed E-state index contributed by atoms with van der Waals surface area (Å²) in [6, 6.07) is 3.84. The molecule has 1 heterocycles. The molecule has 1 aliphatic heterocycles. The van der Waals surface area contributed by atoms with Crippen molar-refractivity contribution in [1.29, 1.82) is 0 Å². The van der Waals surface area contributed by atoms with Gasteiger partial charge in [-0.1, -0.05) is 30.3 Å². The van der Waals surface area contributed by atoms with Crippen LogP contribution in [0.2, 0.25) is 0 Å². The number of rotatable bonds is 6. The van der Waals surface area contributed by atoms with Gasteiger partial charge in [-0.05, 0) is 5.56 Å². The summed E-state index contributed by atoms with van der Waals surface area (Å²) in [7, 11) is -4.15. The molecule has 0 aromatic heterocycles. The largest absolute Gasteiger partial charge is 1.00 e. The number of methoxy groups -OCH3 is 1. The molecule has 1 aliphatic rings. The van der Waals surface area contributed by atoms with E-state index in [4.69, 9.17) is 4.55 Å². The van der Waals surface area contributed by atoms with Crippen LogP contribution >= 0.6 is 0 Å². The number of carbonyl (C=O) groups is 4. The van der Waals surface area contributed by atoms with E-state index in [1.165, 1.54) is 24.3 Å². The van der Waals surface area contributed by atoms with E-state index in [1.807, 2.05) is 5.32 Å². The zero-order chi connectivity index (χ0) is 19.6. The molecular weight excluding hydrogens is 418 g/mol. The number of hydrogen-bond acceptors (Lipinski definition) is 7. The van der Waals surface area contributed by atoms with Crippen molar-refractivity contribution in [1.82, 2.24) is 9.62 Å². The van der Waals surface area contributed by atoms with Crippen LogP contribution in [0, 0.1) is 0 Å². The van der Waals surface area contributed by atoms with Crippen LogP contribution in [0.1, 0.15) is 14.3 Å². The minimum atomic E-state index is -5.06. The summed E-state index contributed by atoms with van der Waals surface area (Å²) in [6.45, 7) is 0. The molecular formula is C14H16N2Na2O9S. The molecule has 0 radical (unpaired) electrons. The van der Waals surface area contributed by atoms with Gasteiger partial charge in [-0.3, -0.25) is 18.9 Å². The number of aliphatic carboxylic acids is 1. The summed E-state index contributed by atoms with van der Waals surface area (Å²) in [5.74, 6) is -6.85. The Balaban J connectivity index is -0.00000182. The van der Waals surface area contributed by atoms with Crippen LogP contribution in [0.25, 0.3) is 0 Å². The Morgan fingerprint density at radius 2 is 1.75 bits per heavy atom. The van der Waals surface area contributed by atoms with Gasteiger partial charge in [-0.25, -0.2) is 4.79 Å². The van der Waals surface area contributed by atoms with Crippen LogP contribution in [-0.4, -0.2) is 65.3 Å². The molecule has 1 aromatic rings. The minimum Gasteiger partial charge on any atom is -1.00 e. The molecule has 3 N–H and O–H groups in total. The Kier molecular flexibility index (Phi) is 10.3. The van der Waals surface area contributed by atoms with E-state index in [2.05, 4.69) is 4.74 Å². The maximum Gasteiger partial charge on any atom is 1.00 e. The molecule has 0 spiro atoms. The van der Waals surface area contributed by atoms with Crippen molar-refractivity contribution in [3.05, 3.63) is 35.9 Å². The second kappa shape index (κ2) is 10.7. The number of β-lactam (4-membered cyclic amide) rings is 1. The number of carbonyl (C=O) groups excluding carboxylic acids is 3. The molecule has 1 saturated heterocycles. The zero-order valence-electron chi connectivity index (χ0n) is 17.2. The topological polar surface area (TPSA) is 167 Å². The molecule has 14 heteroatoms. The van der Waals surface area contributed by atoms with E-state index in [0.29, 0.717) is 0 Å². The monoisotopic (exact) mass is 434 g/mol. The van der Waals surface area contributed by atoms with E-state index < -0.39 is 52.1 Å². The van der Waals surface area contributed by atoms with Gasteiger partial charge >= 0.3 is 81.4 Å². The van der Waals surface area contributed by atoms with Gasteiger partial charge in [-0.2, -0.15) is 12.7 Å². The van der Waals surface area contributed by atoms with Crippen molar-refractivity contribution in [2.75, 3.05) is 7.11 Å². The smallest absolute Gasteiger partial charge is 1.00 e. The van der Waals surface area contributed by atoms with Gasteiger partial charge in [0.05, 0.1) is 7.11 Å². The summed E-state index contributed by atoms with van der Waals surface area (Å²) >= 11 is 0. The van der Waals surface area contributed by atoms with Gasteiger partial charge in [0, 0.05) is 0 Å². The van der Waals surface area contributed by atoms with Crippen molar-refractivity contribution in [2.24, 2.45) is 0 Å². The Morgan fingerprint density at radius 3 is 2.18 bits per heavy atom. The first-order valence-electron chi connectivity index (χ1n) is 7.06. The maximum atomic E-state index is 12.3. The summed E-state index contributed by atoms with van der Waals surface area (Å²) in [5, 5.41) is 11.3. The van der Waals surface area contributed by atoms with Gasteiger partial charge in [-0.15, -0.1) is 0 Å².